The highest BCUT2D eigenvalue weighted by Gasteiger charge is 2.22. The van der Waals surface area contributed by atoms with Gasteiger partial charge in [0, 0.05) is 31.9 Å². The number of nitrogens with zero attached hydrogens (tertiary/aromatic N) is 4. The number of rotatable bonds is 5. The van der Waals surface area contributed by atoms with Gasteiger partial charge in [0.2, 0.25) is 5.71 Å². The van der Waals surface area contributed by atoms with Gasteiger partial charge in [0.15, 0.2) is 5.84 Å². The maximum Gasteiger partial charge on any atom is 0.340 e. The van der Waals surface area contributed by atoms with Gasteiger partial charge >= 0.3 is 5.97 Å². The van der Waals surface area contributed by atoms with Crippen LogP contribution in [-0.4, -0.2) is 61.2 Å². The van der Waals surface area contributed by atoms with Crippen LogP contribution in [0.3, 0.4) is 0 Å². The Bertz CT molecular complexity index is 813. The molecule has 1 aliphatic heterocycles. The molecule has 0 atom stereocenters. The summed E-state index contributed by atoms with van der Waals surface area (Å²) in [6.07, 6.45) is 0. The second-order valence-corrected chi connectivity index (χ2v) is 7.62. The summed E-state index contributed by atoms with van der Waals surface area (Å²) in [7, 11) is 2.08. The van der Waals surface area contributed by atoms with Crippen molar-refractivity contribution in [2.75, 3.05) is 43.6 Å². The van der Waals surface area contributed by atoms with Gasteiger partial charge in [0.05, 0.1) is 11.3 Å². The molecule has 150 valence electrons. The molecule has 4 N–H and O–H groups in total. The van der Waals surface area contributed by atoms with Crippen molar-refractivity contribution in [2.45, 2.75) is 26.4 Å². The number of nitriles is 1. The minimum Gasteiger partial charge on any atom is -0.456 e. The van der Waals surface area contributed by atoms with E-state index in [2.05, 4.69) is 27.4 Å². The first kappa shape index (κ1) is 21.2. The van der Waals surface area contributed by atoms with E-state index in [9.17, 15) is 4.79 Å². The number of piperazine rings is 1. The summed E-state index contributed by atoms with van der Waals surface area (Å²) in [5.41, 5.74) is 8.74. The average molecular weight is 385 g/mol. The number of likely N-dealkylation sites (N-methyl/N-ethyl adjacent to an activating group) is 1. The van der Waals surface area contributed by atoms with Gasteiger partial charge in [-0.25, -0.2) is 4.79 Å². The second-order valence-electron chi connectivity index (χ2n) is 7.62. The largest absolute Gasteiger partial charge is 0.456 e. The van der Waals surface area contributed by atoms with Gasteiger partial charge in [-0.15, -0.1) is 0 Å². The van der Waals surface area contributed by atoms with E-state index in [1.165, 1.54) is 0 Å². The number of hydrazone groups is 1. The lowest BCUT2D eigenvalue weighted by molar-refractivity contribution is 0.00707. The Morgan fingerprint density at radius 1 is 1.32 bits per heavy atom. The lowest BCUT2D eigenvalue weighted by Crippen LogP contribution is -2.44. The predicted octanol–water partition coefficient (Wildman–Crippen LogP) is 1.62. The highest BCUT2D eigenvalue weighted by Crippen LogP contribution is 2.27. The van der Waals surface area contributed by atoms with Crippen LogP contribution in [0.25, 0.3) is 0 Å². The maximum absolute atomic E-state index is 12.6. The Morgan fingerprint density at radius 2 is 1.96 bits per heavy atom. The van der Waals surface area contributed by atoms with Crippen molar-refractivity contribution in [1.82, 2.24) is 4.90 Å². The van der Waals surface area contributed by atoms with Crippen LogP contribution in [0, 0.1) is 16.7 Å². The number of hydrogen-bond acceptors (Lipinski definition) is 8. The molecule has 0 unspecified atom stereocenters. The van der Waals surface area contributed by atoms with Crippen LogP contribution < -0.4 is 16.1 Å². The Morgan fingerprint density at radius 3 is 2.50 bits per heavy atom. The van der Waals surface area contributed by atoms with E-state index in [0.29, 0.717) is 5.69 Å². The van der Waals surface area contributed by atoms with Gasteiger partial charge in [-0.3, -0.25) is 10.8 Å². The topological polar surface area (TPSA) is 131 Å². The normalized spacial score (nSPS) is 15.7. The van der Waals surface area contributed by atoms with E-state index < -0.39 is 17.4 Å². The quantitative estimate of drug-likeness (QED) is 0.304. The molecule has 1 aliphatic rings. The van der Waals surface area contributed by atoms with E-state index in [1.54, 1.807) is 39.0 Å². The predicted molar refractivity (Wildman–Crippen MR) is 110 cm³/mol. The molecule has 2 rings (SSSR count). The average Bonchev–Trinajstić information content (AvgIpc) is 2.61. The molecule has 1 fully saturated rings. The van der Waals surface area contributed by atoms with Crippen molar-refractivity contribution in [1.29, 1.82) is 10.7 Å². The summed E-state index contributed by atoms with van der Waals surface area (Å²) in [6.45, 7) is 8.98. The summed E-state index contributed by atoms with van der Waals surface area (Å²) in [4.78, 5) is 17.1. The third kappa shape index (κ3) is 5.69. The van der Waals surface area contributed by atoms with E-state index in [0.717, 1.165) is 31.9 Å². The fraction of sp³-hybridized carbons (Fsp3) is 0.474. The molecule has 0 spiro atoms. The number of nitrogens with two attached hydrogens (primary N) is 1. The molecular weight excluding hydrogens is 358 g/mol. The molecule has 0 aliphatic carbocycles. The van der Waals surface area contributed by atoms with E-state index in [4.69, 9.17) is 21.1 Å². The number of esters is 1. The Balaban J connectivity index is 2.37. The first-order valence-electron chi connectivity index (χ1n) is 9.00. The molecule has 28 heavy (non-hydrogen) atoms. The number of carbonyl (C=O) groups excluding carboxylic acids is 1. The Hall–Kier alpha value is -3.12. The number of hydrogen-bond donors (Lipinski definition) is 3. The zero-order valence-corrected chi connectivity index (χ0v) is 16.7. The molecule has 1 aromatic carbocycles. The minimum absolute atomic E-state index is 0.264. The fourth-order valence-corrected chi connectivity index (χ4v) is 2.66. The zero-order chi connectivity index (χ0) is 20.9. The van der Waals surface area contributed by atoms with Crippen LogP contribution in [0.5, 0.6) is 0 Å². The van der Waals surface area contributed by atoms with Gasteiger partial charge < -0.3 is 20.3 Å². The van der Waals surface area contributed by atoms with Crippen LogP contribution in [0.15, 0.2) is 23.3 Å². The molecule has 0 radical (unpaired) electrons. The van der Waals surface area contributed by atoms with Crippen molar-refractivity contribution in [3.63, 3.8) is 0 Å². The summed E-state index contributed by atoms with van der Waals surface area (Å²) >= 11 is 0. The van der Waals surface area contributed by atoms with Crippen LogP contribution in [-0.2, 0) is 4.74 Å². The van der Waals surface area contributed by atoms with Crippen molar-refractivity contribution < 1.29 is 9.53 Å². The summed E-state index contributed by atoms with van der Waals surface area (Å²) < 4.78 is 5.46. The Labute approximate surface area is 165 Å². The van der Waals surface area contributed by atoms with Crippen LogP contribution in [0.2, 0.25) is 0 Å². The van der Waals surface area contributed by atoms with Gasteiger partial charge in [-0.2, -0.15) is 10.4 Å². The van der Waals surface area contributed by atoms with Crippen LogP contribution >= 0.6 is 0 Å². The third-order valence-electron chi connectivity index (χ3n) is 4.14. The third-order valence-corrected chi connectivity index (χ3v) is 4.14. The van der Waals surface area contributed by atoms with Crippen molar-refractivity contribution >= 4 is 28.9 Å². The molecular formula is C19H27N7O2. The van der Waals surface area contributed by atoms with Crippen LogP contribution in [0.1, 0.15) is 31.1 Å². The van der Waals surface area contributed by atoms with Gasteiger partial charge in [0.1, 0.15) is 11.7 Å². The van der Waals surface area contributed by atoms with Gasteiger partial charge in [0.25, 0.3) is 0 Å². The lowest BCUT2D eigenvalue weighted by Gasteiger charge is -2.34. The minimum atomic E-state index is -0.648. The smallest absolute Gasteiger partial charge is 0.340 e. The first-order chi connectivity index (χ1) is 13.1. The molecule has 1 aromatic rings. The molecule has 0 saturated carbocycles. The zero-order valence-electron chi connectivity index (χ0n) is 16.7. The second kappa shape index (κ2) is 8.71. The molecule has 9 heteroatoms. The summed E-state index contributed by atoms with van der Waals surface area (Å²) in [5.74, 6) is -0.958. The SMILES string of the molecule is CN1CCN(c2ccc(C(=O)OC(C)(C)C)c(N/N=C(\C#N)C(=N)N)c2)CC1. The van der Waals surface area contributed by atoms with Crippen molar-refractivity contribution in [3.8, 4) is 6.07 Å². The highest BCUT2D eigenvalue weighted by atomic mass is 16.6. The van der Waals surface area contributed by atoms with Crippen LogP contribution in [0.4, 0.5) is 11.4 Å². The number of nitrogens with one attached hydrogen (secondary N) is 2. The van der Waals surface area contributed by atoms with Gasteiger partial charge in [-0.1, -0.05) is 0 Å². The lowest BCUT2D eigenvalue weighted by atomic mass is 10.1. The molecule has 1 saturated heterocycles. The van der Waals surface area contributed by atoms with Gasteiger partial charge in [-0.05, 0) is 46.0 Å². The summed E-state index contributed by atoms with van der Waals surface area (Å²) in [6, 6.07) is 7.09. The monoisotopic (exact) mass is 385 g/mol. The number of ether oxygens (including phenoxy) is 1. The number of anilines is 2. The number of benzene rings is 1. The van der Waals surface area contributed by atoms with E-state index in [-0.39, 0.29) is 11.3 Å². The highest BCUT2D eigenvalue weighted by molar-refractivity contribution is 6.45. The van der Waals surface area contributed by atoms with Crippen molar-refractivity contribution in [2.24, 2.45) is 10.8 Å². The standard InChI is InChI=1S/C19H27N7O2/c1-19(2,3)28-18(27)14-6-5-13(26-9-7-25(4)8-10-26)11-15(14)23-24-16(12-20)17(21)22/h5-6,11,23H,7-10H2,1-4H3,(H3,21,22)/b24-16+. The van der Waals surface area contributed by atoms with Crippen molar-refractivity contribution in [3.05, 3.63) is 23.8 Å². The Kier molecular flexibility index (Phi) is 6.59. The van der Waals surface area contributed by atoms with E-state index in [1.807, 2.05) is 6.07 Å². The molecule has 1 heterocycles. The van der Waals surface area contributed by atoms with E-state index >= 15 is 0 Å². The molecule has 0 amide bonds. The number of carbonyl (C=O) groups is 1. The first-order valence-corrected chi connectivity index (χ1v) is 9.00. The number of amidine groups is 1. The molecule has 0 aromatic heterocycles. The fourth-order valence-electron chi connectivity index (χ4n) is 2.66. The molecule has 0 bridgehead atoms. The maximum atomic E-state index is 12.6. The summed E-state index contributed by atoms with van der Waals surface area (Å²) in [5, 5.41) is 20.3. The molecule has 9 nitrogen and oxygen atoms in total.